The standard InChI is InChI=1S/C12H13BrN4O2S/c1-3-4-14-12-15-7(2)11(17(18)19)10(16-12)8-5-20-6-9(8)13/h5-6H,3-4H2,1-2H3,(H,14,15,16). The van der Waals surface area contributed by atoms with Gasteiger partial charge in [0.15, 0.2) is 5.69 Å². The topological polar surface area (TPSA) is 81.0 Å². The highest BCUT2D eigenvalue weighted by molar-refractivity contribution is 9.10. The van der Waals surface area contributed by atoms with Gasteiger partial charge in [0.05, 0.1) is 4.92 Å². The number of hydrogen-bond acceptors (Lipinski definition) is 6. The van der Waals surface area contributed by atoms with Crippen molar-refractivity contribution in [1.29, 1.82) is 0 Å². The van der Waals surface area contributed by atoms with E-state index >= 15 is 0 Å². The largest absolute Gasteiger partial charge is 0.354 e. The Morgan fingerprint density at radius 2 is 2.20 bits per heavy atom. The molecule has 2 rings (SSSR count). The molecule has 0 aliphatic rings. The Morgan fingerprint density at radius 3 is 2.75 bits per heavy atom. The van der Waals surface area contributed by atoms with Crippen LogP contribution in [0.4, 0.5) is 11.6 Å². The van der Waals surface area contributed by atoms with Crippen molar-refractivity contribution in [2.24, 2.45) is 0 Å². The van der Waals surface area contributed by atoms with Gasteiger partial charge in [0.2, 0.25) is 5.95 Å². The lowest BCUT2D eigenvalue weighted by atomic mass is 10.2. The summed E-state index contributed by atoms with van der Waals surface area (Å²) in [5, 5.41) is 18.0. The molecule has 106 valence electrons. The molecule has 2 aromatic rings. The molecule has 0 saturated heterocycles. The van der Waals surface area contributed by atoms with Crippen LogP contribution in [0.3, 0.4) is 0 Å². The number of thiophene rings is 1. The molecule has 0 radical (unpaired) electrons. The monoisotopic (exact) mass is 356 g/mol. The molecule has 0 amide bonds. The number of aryl methyl sites for hydroxylation is 1. The predicted molar refractivity (Wildman–Crippen MR) is 83.2 cm³/mol. The highest BCUT2D eigenvalue weighted by atomic mass is 79.9. The zero-order valence-electron chi connectivity index (χ0n) is 11.0. The quantitative estimate of drug-likeness (QED) is 0.646. The first-order valence-corrected chi connectivity index (χ1v) is 7.77. The Balaban J connectivity index is 2.59. The van der Waals surface area contributed by atoms with Crippen LogP contribution in [0.2, 0.25) is 0 Å². The van der Waals surface area contributed by atoms with Gasteiger partial charge in [-0.05, 0) is 29.3 Å². The highest BCUT2D eigenvalue weighted by Gasteiger charge is 2.24. The van der Waals surface area contributed by atoms with E-state index in [1.807, 2.05) is 17.7 Å². The summed E-state index contributed by atoms with van der Waals surface area (Å²) < 4.78 is 0.796. The lowest BCUT2D eigenvalue weighted by molar-refractivity contribution is -0.385. The van der Waals surface area contributed by atoms with Crippen LogP contribution in [0.15, 0.2) is 15.2 Å². The fourth-order valence-electron chi connectivity index (χ4n) is 1.74. The summed E-state index contributed by atoms with van der Waals surface area (Å²) in [6, 6.07) is 0. The van der Waals surface area contributed by atoms with E-state index in [-0.39, 0.29) is 5.69 Å². The second-order valence-corrected chi connectivity index (χ2v) is 5.75. The normalized spacial score (nSPS) is 10.6. The van der Waals surface area contributed by atoms with Crippen molar-refractivity contribution in [3.05, 3.63) is 31.0 Å². The van der Waals surface area contributed by atoms with Gasteiger partial charge in [0.1, 0.15) is 5.69 Å². The first-order valence-electron chi connectivity index (χ1n) is 6.03. The Kier molecular flexibility index (Phi) is 4.66. The number of nitro groups is 1. The SMILES string of the molecule is CCCNc1nc(C)c([N+](=O)[O-])c(-c2cscc2Br)n1. The second-order valence-electron chi connectivity index (χ2n) is 4.15. The number of hydrogen-bond donors (Lipinski definition) is 1. The molecule has 2 heterocycles. The van der Waals surface area contributed by atoms with Crippen LogP contribution in [-0.4, -0.2) is 21.4 Å². The smallest absolute Gasteiger partial charge is 0.316 e. The van der Waals surface area contributed by atoms with Gasteiger partial charge in [0, 0.05) is 27.3 Å². The average molecular weight is 357 g/mol. The van der Waals surface area contributed by atoms with Crippen LogP contribution < -0.4 is 5.32 Å². The van der Waals surface area contributed by atoms with Crippen molar-refractivity contribution < 1.29 is 4.92 Å². The van der Waals surface area contributed by atoms with Crippen molar-refractivity contribution in [3.63, 3.8) is 0 Å². The summed E-state index contributed by atoms with van der Waals surface area (Å²) in [7, 11) is 0. The first-order chi connectivity index (χ1) is 9.54. The van der Waals surface area contributed by atoms with Crippen molar-refractivity contribution in [3.8, 4) is 11.3 Å². The van der Waals surface area contributed by atoms with Crippen LogP contribution in [0, 0.1) is 17.0 Å². The van der Waals surface area contributed by atoms with E-state index in [2.05, 4.69) is 31.2 Å². The van der Waals surface area contributed by atoms with Crippen LogP contribution in [-0.2, 0) is 0 Å². The van der Waals surface area contributed by atoms with Gasteiger partial charge >= 0.3 is 5.69 Å². The molecular formula is C12H13BrN4O2S. The van der Waals surface area contributed by atoms with Crippen molar-refractivity contribution in [2.45, 2.75) is 20.3 Å². The third kappa shape index (κ3) is 2.96. The second kappa shape index (κ2) is 6.27. The van der Waals surface area contributed by atoms with Gasteiger partial charge in [-0.1, -0.05) is 6.92 Å². The number of halogens is 1. The Hall–Kier alpha value is -1.54. The van der Waals surface area contributed by atoms with Gasteiger partial charge in [0.25, 0.3) is 0 Å². The molecule has 6 nitrogen and oxygen atoms in total. The summed E-state index contributed by atoms with van der Waals surface area (Å²) in [5.41, 5.74) is 1.36. The molecule has 0 fully saturated rings. The molecule has 8 heteroatoms. The molecule has 0 spiro atoms. The lowest BCUT2D eigenvalue weighted by Gasteiger charge is -2.08. The van der Waals surface area contributed by atoms with Crippen molar-refractivity contribution in [2.75, 3.05) is 11.9 Å². The van der Waals surface area contributed by atoms with Gasteiger partial charge in [-0.15, -0.1) is 0 Å². The van der Waals surface area contributed by atoms with Crippen LogP contribution >= 0.6 is 27.3 Å². The maximum Gasteiger partial charge on any atom is 0.316 e. The minimum absolute atomic E-state index is 0.0499. The van der Waals surface area contributed by atoms with E-state index in [1.165, 1.54) is 11.3 Å². The first kappa shape index (κ1) is 14.9. The maximum absolute atomic E-state index is 11.3. The van der Waals surface area contributed by atoms with Gasteiger partial charge in [-0.25, -0.2) is 9.97 Å². The number of nitrogens with zero attached hydrogens (tertiary/aromatic N) is 3. The van der Waals surface area contributed by atoms with Crippen LogP contribution in [0.5, 0.6) is 0 Å². The zero-order chi connectivity index (χ0) is 14.7. The van der Waals surface area contributed by atoms with Gasteiger partial charge in [-0.3, -0.25) is 10.1 Å². The van der Waals surface area contributed by atoms with E-state index in [0.717, 1.165) is 17.4 Å². The Morgan fingerprint density at radius 1 is 1.45 bits per heavy atom. The van der Waals surface area contributed by atoms with Gasteiger partial charge < -0.3 is 5.32 Å². The fourth-order valence-corrected chi connectivity index (χ4v) is 3.21. The van der Waals surface area contributed by atoms with Gasteiger partial charge in [-0.2, -0.15) is 11.3 Å². The molecular weight excluding hydrogens is 344 g/mol. The summed E-state index contributed by atoms with van der Waals surface area (Å²) in [4.78, 5) is 19.3. The molecule has 0 saturated carbocycles. The van der Waals surface area contributed by atoms with E-state index in [4.69, 9.17) is 0 Å². The lowest BCUT2D eigenvalue weighted by Crippen LogP contribution is -2.08. The number of aromatic nitrogens is 2. The third-order valence-electron chi connectivity index (χ3n) is 2.64. The van der Waals surface area contributed by atoms with E-state index in [1.54, 1.807) is 6.92 Å². The minimum atomic E-state index is -0.432. The van der Waals surface area contributed by atoms with E-state index < -0.39 is 4.92 Å². The molecule has 0 aromatic carbocycles. The highest BCUT2D eigenvalue weighted by Crippen LogP contribution is 2.37. The molecule has 0 aliphatic carbocycles. The third-order valence-corrected chi connectivity index (χ3v) is 4.35. The average Bonchev–Trinajstić information content (AvgIpc) is 2.81. The molecule has 20 heavy (non-hydrogen) atoms. The van der Waals surface area contributed by atoms with Crippen molar-refractivity contribution >= 4 is 38.9 Å². The van der Waals surface area contributed by atoms with Crippen LogP contribution in [0.1, 0.15) is 19.0 Å². The molecule has 0 unspecified atom stereocenters. The van der Waals surface area contributed by atoms with E-state index in [0.29, 0.717) is 22.9 Å². The zero-order valence-corrected chi connectivity index (χ0v) is 13.4. The molecule has 0 aliphatic heterocycles. The summed E-state index contributed by atoms with van der Waals surface area (Å²) >= 11 is 4.86. The fraction of sp³-hybridized carbons (Fsp3) is 0.333. The van der Waals surface area contributed by atoms with Crippen molar-refractivity contribution in [1.82, 2.24) is 9.97 Å². The molecule has 0 bridgehead atoms. The van der Waals surface area contributed by atoms with E-state index in [9.17, 15) is 10.1 Å². The number of nitrogens with one attached hydrogen (secondary N) is 1. The number of anilines is 1. The summed E-state index contributed by atoms with van der Waals surface area (Å²) in [5.74, 6) is 0.419. The molecule has 0 atom stereocenters. The minimum Gasteiger partial charge on any atom is -0.354 e. The molecule has 2 aromatic heterocycles. The summed E-state index contributed by atoms with van der Waals surface area (Å²) in [6.07, 6.45) is 0.927. The predicted octanol–water partition coefficient (Wildman–Crippen LogP) is 4.01. The summed E-state index contributed by atoms with van der Waals surface area (Å²) in [6.45, 7) is 4.38. The Bertz CT molecular complexity index is 644. The molecule has 1 N–H and O–H groups in total. The Labute approximate surface area is 128 Å². The number of rotatable bonds is 5. The van der Waals surface area contributed by atoms with Crippen LogP contribution in [0.25, 0.3) is 11.3 Å². The maximum atomic E-state index is 11.3.